The second kappa shape index (κ2) is 7.51. The number of carbonyl (C=O) groups excluding carboxylic acids is 2. The molecule has 1 aliphatic rings. The van der Waals surface area contributed by atoms with Crippen LogP contribution in [0.3, 0.4) is 0 Å². The first-order valence-electron chi connectivity index (χ1n) is 8.74. The highest BCUT2D eigenvalue weighted by atomic mass is 16.2. The number of nitrogens with zero attached hydrogens (tertiary/aromatic N) is 2. The van der Waals surface area contributed by atoms with E-state index >= 15 is 0 Å². The first-order chi connectivity index (χ1) is 12.1. The molecule has 0 saturated heterocycles. The van der Waals surface area contributed by atoms with Gasteiger partial charge in [-0.25, -0.2) is 0 Å². The molecule has 3 rings (SSSR count). The molecule has 0 fully saturated rings. The van der Waals surface area contributed by atoms with E-state index in [4.69, 9.17) is 5.73 Å². The van der Waals surface area contributed by atoms with Crippen molar-refractivity contribution in [3.8, 4) is 0 Å². The fourth-order valence-electron chi connectivity index (χ4n) is 3.49. The van der Waals surface area contributed by atoms with Crippen LogP contribution >= 0.6 is 0 Å². The molecule has 0 aliphatic heterocycles. The van der Waals surface area contributed by atoms with Crippen LogP contribution in [0.1, 0.15) is 59.0 Å². The van der Waals surface area contributed by atoms with Crippen LogP contribution in [0, 0.1) is 0 Å². The lowest BCUT2D eigenvalue weighted by Gasteiger charge is -2.27. The standard InChI is InChI=1S/C19H24N4O2/c1-23(16(12-17(20)24)13-8-4-2-5-9-13)19(25)18-14-10-6-3-7-11-15(14)21-22-18/h2,4-5,8-9,16H,3,6-7,10-12H2,1H3,(H2,20,24)(H,21,22). The van der Waals surface area contributed by atoms with Crippen molar-refractivity contribution in [3.63, 3.8) is 0 Å². The lowest BCUT2D eigenvalue weighted by molar-refractivity contribution is -0.119. The number of nitrogens with one attached hydrogen (secondary N) is 1. The number of hydrogen-bond donors (Lipinski definition) is 2. The highest BCUT2D eigenvalue weighted by molar-refractivity contribution is 5.94. The van der Waals surface area contributed by atoms with Crippen LogP contribution < -0.4 is 5.73 Å². The molecule has 3 N–H and O–H groups in total. The average Bonchev–Trinajstić information content (AvgIpc) is 2.87. The van der Waals surface area contributed by atoms with Gasteiger partial charge in [-0.05, 0) is 31.2 Å². The van der Waals surface area contributed by atoms with Crippen molar-refractivity contribution in [2.24, 2.45) is 5.73 Å². The molecule has 1 heterocycles. The second-order valence-electron chi connectivity index (χ2n) is 6.60. The molecule has 1 aromatic carbocycles. The molecule has 132 valence electrons. The summed E-state index contributed by atoms with van der Waals surface area (Å²) in [5.74, 6) is -0.608. The minimum Gasteiger partial charge on any atom is -0.370 e. The van der Waals surface area contributed by atoms with Crippen LogP contribution in [-0.2, 0) is 17.6 Å². The fourth-order valence-corrected chi connectivity index (χ4v) is 3.49. The highest BCUT2D eigenvalue weighted by Gasteiger charge is 2.29. The summed E-state index contributed by atoms with van der Waals surface area (Å²) < 4.78 is 0. The molecule has 25 heavy (non-hydrogen) atoms. The molecule has 1 aromatic heterocycles. The fraction of sp³-hybridized carbons (Fsp3) is 0.421. The summed E-state index contributed by atoms with van der Waals surface area (Å²) in [5.41, 5.74) is 8.88. The third-order valence-electron chi connectivity index (χ3n) is 4.88. The van der Waals surface area contributed by atoms with E-state index in [1.807, 2.05) is 30.3 Å². The zero-order valence-corrected chi connectivity index (χ0v) is 14.5. The number of fused-ring (bicyclic) bond motifs is 1. The molecule has 6 nitrogen and oxygen atoms in total. The van der Waals surface area contributed by atoms with Gasteiger partial charge in [-0.3, -0.25) is 14.7 Å². The van der Waals surface area contributed by atoms with Crippen LogP contribution in [-0.4, -0.2) is 34.0 Å². The second-order valence-corrected chi connectivity index (χ2v) is 6.60. The Balaban J connectivity index is 1.89. The number of rotatable bonds is 5. The molecule has 0 bridgehead atoms. The van der Waals surface area contributed by atoms with Gasteiger partial charge in [0.05, 0.1) is 12.5 Å². The van der Waals surface area contributed by atoms with Crippen molar-refractivity contribution in [3.05, 3.63) is 52.8 Å². The molecule has 1 unspecified atom stereocenters. The molecular weight excluding hydrogens is 316 g/mol. The zero-order chi connectivity index (χ0) is 17.8. The van der Waals surface area contributed by atoms with Gasteiger partial charge >= 0.3 is 0 Å². The Hall–Kier alpha value is -2.63. The van der Waals surface area contributed by atoms with Crippen molar-refractivity contribution in [2.75, 3.05) is 7.05 Å². The van der Waals surface area contributed by atoms with E-state index in [0.29, 0.717) is 5.69 Å². The molecule has 0 spiro atoms. The third-order valence-corrected chi connectivity index (χ3v) is 4.88. The quantitative estimate of drug-likeness (QED) is 0.819. The van der Waals surface area contributed by atoms with Gasteiger partial charge in [0.25, 0.3) is 5.91 Å². The van der Waals surface area contributed by atoms with Crippen LogP contribution in [0.25, 0.3) is 0 Å². The van der Waals surface area contributed by atoms with Crippen molar-refractivity contribution in [2.45, 2.75) is 44.6 Å². The van der Waals surface area contributed by atoms with E-state index in [1.54, 1.807) is 11.9 Å². The molecular formula is C19H24N4O2. The zero-order valence-electron chi connectivity index (χ0n) is 14.5. The molecule has 0 radical (unpaired) electrons. The monoisotopic (exact) mass is 340 g/mol. The predicted molar refractivity (Wildman–Crippen MR) is 94.9 cm³/mol. The maximum Gasteiger partial charge on any atom is 0.274 e. The van der Waals surface area contributed by atoms with Gasteiger partial charge in [-0.1, -0.05) is 36.8 Å². The van der Waals surface area contributed by atoms with Crippen molar-refractivity contribution < 1.29 is 9.59 Å². The summed E-state index contributed by atoms with van der Waals surface area (Å²) >= 11 is 0. The highest BCUT2D eigenvalue weighted by Crippen LogP contribution is 2.27. The summed E-state index contributed by atoms with van der Waals surface area (Å²) in [6, 6.07) is 9.10. The normalized spacial score (nSPS) is 15.1. The number of amides is 2. The largest absolute Gasteiger partial charge is 0.370 e. The summed E-state index contributed by atoms with van der Waals surface area (Å²) in [6.07, 6.45) is 5.24. The average molecular weight is 340 g/mol. The van der Waals surface area contributed by atoms with E-state index in [2.05, 4.69) is 10.2 Å². The molecule has 1 aliphatic carbocycles. The Morgan fingerprint density at radius 3 is 2.64 bits per heavy atom. The van der Waals surface area contributed by atoms with Gasteiger partial charge in [0.2, 0.25) is 5.91 Å². The first-order valence-corrected chi connectivity index (χ1v) is 8.74. The number of nitrogens with two attached hydrogens (primary N) is 1. The first kappa shape index (κ1) is 17.2. The third kappa shape index (κ3) is 3.73. The Morgan fingerprint density at radius 1 is 1.20 bits per heavy atom. The number of aromatic nitrogens is 2. The molecule has 6 heteroatoms. The van der Waals surface area contributed by atoms with Crippen LogP contribution in [0.15, 0.2) is 30.3 Å². The number of aryl methyl sites for hydroxylation is 1. The summed E-state index contributed by atoms with van der Waals surface area (Å²) in [4.78, 5) is 26.2. The van der Waals surface area contributed by atoms with Crippen molar-refractivity contribution in [1.29, 1.82) is 0 Å². The molecule has 2 amide bonds. The molecule has 2 aromatic rings. The minimum absolute atomic E-state index is 0.0822. The summed E-state index contributed by atoms with van der Waals surface area (Å²) in [6.45, 7) is 0. The van der Waals surface area contributed by atoms with E-state index in [-0.39, 0.29) is 12.3 Å². The number of H-pyrrole nitrogens is 1. The van der Waals surface area contributed by atoms with Gasteiger partial charge in [-0.15, -0.1) is 0 Å². The Labute approximate surface area is 147 Å². The lowest BCUT2D eigenvalue weighted by atomic mass is 10.0. The Kier molecular flexibility index (Phi) is 5.16. The van der Waals surface area contributed by atoms with Gasteiger partial charge in [-0.2, -0.15) is 5.10 Å². The van der Waals surface area contributed by atoms with Gasteiger partial charge in [0.15, 0.2) is 5.69 Å². The Bertz CT molecular complexity index is 754. The number of hydrogen-bond acceptors (Lipinski definition) is 3. The van der Waals surface area contributed by atoms with E-state index < -0.39 is 11.9 Å². The van der Waals surface area contributed by atoms with E-state index in [1.165, 1.54) is 6.42 Å². The Morgan fingerprint density at radius 2 is 1.92 bits per heavy atom. The summed E-state index contributed by atoms with van der Waals surface area (Å²) in [7, 11) is 1.71. The predicted octanol–water partition coefficient (Wildman–Crippen LogP) is 2.37. The van der Waals surface area contributed by atoms with Crippen LogP contribution in [0.2, 0.25) is 0 Å². The lowest BCUT2D eigenvalue weighted by Crippen LogP contribution is -2.34. The SMILES string of the molecule is CN(C(=O)c1n[nH]c2c1CCCCC2)C(CC(N)=O)c1ccccc1. The van der Waals surface area contributed by atoms with Gasteiger partial charge in [0, 0.05) is 18.3 Å². The van der Waals surface area contributed by atoms with Crippen LogP contribution in [0.4, 0.5) is 0 Å². The number of carbonyl (C=O) groups is 2. The smallest absolute Gasteiger partial charge is 0.274 e. The number of primary amides is 1. The topological polar surface area (TPSA) is 92.1 Å². The number of benzene rings is 1. The van der Waals surface area contributed by atoms with Gasteiger partial charge < -0.3 is 10.6 Å². The van der Waals surface area contributed by atoms with Crippen molar-refractivity contribution >= 4 is 11.8 Å². The number of aromatic amines is 1. The molecule has 1 atom stereocenters. The van der Waals surface area contributed by atoms with Gasteiger partial charge in [0.1, 0.15) is 0 Å². The van der Waals surface area contributed by atoms with Crippen molar-refractivity contribution in [1.82, 2.24) is 15.1 Å². The van der Waals surface area contributed by atoms with Crippen LogP contribution in [0.5, 0.6) is 0 Å². The maximum atomic E-state index is 13.1. The maximum absolute atomic E-state index is 13.1. The van der Waals surface area contributed by atoms with E-state index in [9.17, 15) is 9.59 Å². The van der Waals surface area contributed by atoms with E-state index in [0.717, 1.165) is 42.5 Å². The minimum atomic E-state index is -0.436. The summed E-state index contributed by atoms with van der Waals surface area (Å²) in [5, 5.41) is 7.32. The molecule has 0 saturated carbocycles.